The first-order chi connectivity index (χ1) is 18.5. The SMILES string of the molecule is COc1ccc2[nH]cc(CCCN3CCN(C(=O)CN4CCN(C(=O)c5cccc(Cl)c5)CC4)CC3)c2c1. The minimum absolute atomic E-state index is 0.000909. The summed E-state index contributed by atoms with van der Waals surface area (Å²) in [4.78, 5) is 37.5. The topological polar surface area (TPSA) is 72.1 Å². The Labute approximate surface area is 229 Å². The molecule has 2 aromatic carbocycles. The molecule has 2 fully saturated rings. The van der Waals surface area contributed by atoms with E-state index < -0.39 is 0 Å². The van der Waals surface area contributed by atoms with Crippen molar-refractivity contribution >= 4 is 34.3 Å². The summed E-state index contributed by atoms with van der Waals surface area (Å²) in [5.41, 5.74) is 3.07. The second-order valence-electron chi connectivity index (χ2n) is 10.1. The largest absolute Gasteiger partial charge is 0.497 e. The van der Waals surface area contributed by atoms with Crippen LogP contribution in [0.2, 0.25) is 5.02 Å². The molecule has 3 heterocycles. The third-order valence-electron chi connectivity index (χ3n) is 7.71. The number of amides is 2. The van der Waals surface area contributed by atoms with Gasteiger partial charge in [0.2, 0.25) is 5.91 Å². The van der Waals surface area contributed by atoms with E-state index in [9.17, 15) is 9.59 Å². The van der Waals surface area contributed by atoms with Crippen molar-refractivity contribution in [2.24, 2.45) is 0 Å². The number of aromatic amines is 1. The Hall–Kier alpha value is -3.07. The van der Waals surface area contributed by atoms with Crippen molar-refractivity contribution < 1.29 is 14.3 Å². The molecule has 8 nitrogen and oxygen atoms in total. The van der Waals surface area contributed by atoms with Gasteiger partial charge in [-0.1, -0.05) is 17.7 Å². The predicted molar refractivity (Wildman–Crippen MR) is 150 cm³/mol. The van der Waals surface area contributed by atoms with Gasteiger partial charge in [0.05, 0.1) is 13.7 Å². The molecule has 2 saturated heterocycles. The van der Waals surface area contributed by atoms with Crippen LogP contribution in [-0.2, 0) is 11.2 Å². The molecule has 0 radical (unpaired) electrons. The lowest BCUT2D eigenvalue weighted by Gasteiger charge is -2.38. The molecule has 202 valence electrons. The first-order valence-corrected chi connectivity index (χ1v) is 13.8. The number of ether oxygens (including phenoxy) is 1. The Morgan fingerprint density at radius 2 is 1.66 bits per heavy atom. The zero-order chi connectivity index (χ0) is 26.5. The van der Waals surface area contributed by atoms with Crippen LogP contribution in [0.1, 0.15) is 22.3 Å². The van der Waals surface area contributed by atoms with Crippen molar-refractivity contribution in [3.05, 3.63) is 64.8 Å². The van der Waals surface area contributed by atoms with Gasteiger partial charge in [0, 0.05) is 80.0 Å². The minimum Gasteiger partial charge on any atom is -0.497 e. The van der Waals surface area contributed by atoms with Gasteiger partial charge in [-0.15, -0.1) is 0 Å². The first-order valence-electron chi connectivity index (χ1n) is 13.4. The molecule has 0 bridgehead atoms. The van der Waals surface area contributed by atoms with E-state index in [1.165, 1.54) is 10.9 Å². The lowest BCUT2D eigenvalue weighted by atomic mass is 10.1. The van der Waals surface area contributed by atoms with Crippen molar-refractivity contribution in [3.63, 3.8) is 0 Å². The molecule has 1 N–H and O–H groups in total. The molecular formula is C29H36ClN5O3. The zero-order valence-electron chi connectivity index (χ0n) is 22.0. The highest BCUT2D eigenvalue weighted by atomic mass is 35.5. The molecule has 2 amide bonds. The fourth-order valence-electron chi connectivity index (χ4n) is 5.41. The summed E-state index contributed by atoms with van der Waals surface area (Å²) in [6, 6.07) is 13.2. The molecule has 0 atom stereocenters. The smallest absolute Gasteiger partial charge is 0.253 e. The molecule has 9 heteroatoms. The van der Waals surface area contributed by atoms with E-state index in [1.807, 2.05) is 15.9 Å². The fourth-order valence-corrected chi connectivity index (χ4v) is 5.60. The van der Waals surface area contributed by atoms with Gasteiger partial charge in [0.1, 0.15) is 5.75 Å². The number of carbonyl (C=O) groups is 2. The Balaban J connectivity index is 1.01. The van der Waals surface area contributed by atoms with Crippen LogP contribution in [0.25, 0.3) is 10.9 Å². The number of rotatable bonds is 8. The average molecular weight is 538 g/mol. The predicted octanol–water partition coefficient (Wildman–Crippen LogP) is 3.36. The zero-order valence-corrected chi connectivity index (χ0v) is 22.8. The second kappa shape index (κ2) is 12.2. The van der Waals surface area contributed by atoms with Crippen molar-refractivity contribution in [2.75, 3.05) is 72.6 Å². The highest BCUT2D eigenvalue weighted by Gasteiger charge is 2.26. The maximum atomic E-state index is 13.0. The summed E-state index contributed by atoms with van der Waals surface area (Å²) in [7, 11) is 1.70. The third kappa shape index (κ3) is 6.31. The molecule has 0 saturated carbocycles. The van der Waals surface area contributed by atoms with Crippen LogP contribution >= 0.6 is 11.6 Å². The number of halogens is 1. The fraction of sp³-hybridized carbons (Fsp3) is 0.448. The molecule has 1 aromatic heterocycles. The average Bonchev–Trinajstić information content (AvgIpc) is 3.35. The number of aryl methyl sites for hydroxylation is 1. The van der Waals surface area contributed by atoms with Crippen LogP contribution in [0, 0.1) is 0 Å². The number of piperazine rings is 2. The molecule has 2 aliphatic heterocycles. The van der Waals surface area contributed by atoms with E-state index in [0.29, 0.717) is 43.3 Å². The molecule has 0 spiro atoms. The Morgan fingerprint density at radius 1 is 0.921 bits per heavy atom. The Morgan fingerprint density at radius 3 is 2.39 bits per heavy atom. The number of benzene rings is 2. The van der Waals surface area contributed by atoms with Gasteiger partial charge in [-0.05, 0) is 61.3 Å². The highest BCUT2D eigenvalue weighted by Crippen LogP contribution is 2.24. The molecule has 3 aromatic rings. The van der Waals surface area contributed by atoms with E-state index in [-0.39, 0.29) is 11.8 Å². The van der Waals surface area contributed by atoms with Gasteiger partial charge in [-0.25, -0.2) is 0 Å². The number of carbonyl (C=O) groups excluding carboxylic acids is 2. The minimum atomic E-state index is -0.000909. The maximum Gasteiger partial charge on any atom is 0.253 e. The van der Waals surface area contributed by atoms with Crippen LogP contribution in [-0.4, -0.2) is 109 Å². The number of nitrogens with one attached hydrogen (secondary N) is 1. The van der Waals surface area contributed by atoms with Crippen molar-refractivity contribution in [1.82, 2.24) is 24.6 Å². The third-order valence-corrected chi connectivity index (χ3v) is 7.95. The quantitative estimate of drug-likeness (QED) is 0.477. The number of nitrogens with zero attached hydrogens (tertiary/aromatic N) is 4. The number of fused-ring (bicyclic) bond motifs is 1. The van der Waals surface area contributed by atoms with Crippen molar-refractivity contribution in [3.8, 4) is 5.75 Å². The van der Waals surface area contributed by atoms with Gasteiger partial charge in [-0.3, -0.25) is 19.4 Å². The molecule has 0 unspecified atom stereocenters. The molecule has 2 aliphatic rings. The molecule has 0 aliphatic carbocycles. The van der Waals surface area contributed by atoms with Gasteiger partial charge in [-0.2, -0.15) is 0 Å². The van der Waals surface area contributed by atoms with Gasteiger partial charge in [0.25, 0.3) is 5.91 Å². The van der Waals surface area contributed by atoms with Crippen LogP contribution in [0.5, 0.6) is 5.75 Å². The summed E-state index contributed by atoms with van der Waals surface area (Å²) in [5.74, 6) is 1.07. The summed E-state index contributed by atoms with van der Waals surface area (Å²) < 4.78 is 5.38. The number of methoxy groups -OCH3 is 1. The van der Waals surface area contributed by atoms with Crippen LogP contribution in [0.4, 0.5) is 0 Å². The lowest BCUT2D eigenvalue weighted by molar-refractivity contribution is -0.134. The molecule has 38 heavy (non-hydrogen) atoms. The van der Waals surface area contributed by atoms with Gasteiger partial charge < -0.3 is 19.5 Å². The van der Waals surface area contributed by atoms with E-state index in [2.05, 4.69) is 33.1 Å². The van der Waals surface area contributed by atoms with Gasteiger partial charge in [0.15, 0.2) is 0 Å². The second-order valence-corrected chi connectivity index (χ2v) is 10.6. The van der Waals surface area contributed by atoms with E-state index >= 15 is 0 Å². The molecule has 5 rings (SSSR count). The number of aromatic nitrogens is 1. The van der Waals surface area contributed by atoms with Crippen molar-refractivity contribution in [1.29, 1.82) is 0 Å². The van der Waals surface area contributed by atoms with Crippen molar-refractivity contribution in [2.45, 2.75) is 12.8 Å². The highest BCUT2D eigenvalue weighted by molar-refractivity contribution is 6.30. The number of hydrogen-bond donors (Lipinski definition) is 1. The van der Waals surface area contributed by atoms with E-state index in [4.69, 9.17) is 16.3 Å². The van der Waals surface area contributed by atoms with E-state index in [0.717, 1.165) is 56.8 Å². The first kappa shape index (κ1) is 26.5. The normalized spacial score (nSPS) is 17.2. The van der Waals surface area contributed by atoms with Gasteiger partial charge >= 0.3 is 0 Å². The summed E-state index contributed by atoms with van der Waals surface area (Å²) in [6.45, 7) is 7.47. The number of H-pyrrole nitrogens is 1. The van der Waals surface area contributed by atoms with Crippen LogP contribution < -0.4 is 4.74 Å². The van der Waals surface area contributed by atoms with Crippen LogP contribution in [0.15, 0.2) is 48.7 Å². The molecular weight excluding hydrogens is 502 g/mol. The van der Waals surface area contributed by atoms with E-state index in [1.54, 1.807) is 31.4 Å². The number of hydrogen-bond acceptors (Lipinski definition) is 5. The Bertz CT molecular complexity index is 1260. The lowest BCUT2D eigenvalue weighted by Crippen LogP contribution is -2.54. The maximum absolute atomic E-state index is 13.0. The summed E-state index contributed by atoms with van der Waals surface area (Å²) >= 11 is 6.04. The standard InChI is InChI=1S/C29H36ClN5O3/c1-38-25-7-8-27-26(19-25)23(20-31-27)5-3-9-32-10-14-34(15-11-32)28(36)21-33-12-16-35(17-13-33)29(37)22-4-2-6-24(30)18-22/h2,4,6-8,18-20,31H,3,5,9-17,21H2,1H3. The summed E-state index contributed by atoms with van der Waals surface area (Å²) in [6.07, 6.45) is 4.20. The Kier molecular flexibility index (Phi) is 8.51. The van der Waals surface area contributed by atoms with Crippen LogP contribution in [0.3, 0.4) is 0 Å². The summed E-state index contributed by atoms with van der Waals surface area (Å²) in [5, 5.41) is 1.80. The monoisotopic (exact) mass is 537 g/mol.